The number of urea groups is 1. The normalized spacial score (nSPS) is 10.9. The summed E-state index contributed by atoms with van der Waals surface area (Å²) < 4.78 is 1.89. The zero-order valence-corrected chi connectivity index (χ0v) is 12.9. The van der Waals surface area contributed by atoms with E-state index in [4.69, 9.17) is 5.11 Å². The van der Waals surface area contributed by atoms with Gasteiger partial charge < -0.3 is 15.3 Å². The third kappa shape index (κ3) is 3.55. The zero-order chi connectivity index (χ0) is 16.3. The van der Waals surface area contributed by atoms with Crippen LogP contribution in [-0.2, 0) is 4.79 Å². The Hall–Kier alpha value is -2.57. The molecule has 0 saturated carbocycles. The molecule has 0 atom stereocenters. The number of hydrogen-bond donors (Lipinski definition) is 2. The van der Waals surface area contributed by atoms with Crippen molar-refractivity contribution in [1.29, 1.82) is 0 Å². The minimum Gasteiger partial charge on any atom is -0.481 e. The molecule has 1 heterocycles. The molecule has 1 aromatic carbocycles. The van der Waals surface area contributed by atoms with Crippen LogP contribution in [0.15, 0.2) is 24.4 Å². The lowest BCUT2D eigenvalue weighted by Gasteiger charge is -2.17. The molecule has 0 saturated heterocycles. The molecular formula is C15H20N4O3. The van der Waals surface area contributed by atoms with E-state index in [2.05, 4.69) is 10.4 Å². The fourth-order valence-electron chi connectivity index (χ4n) is 2.11. The van der Waals surface area contributed by atoms with Crippen molar-refractivity contribution >= 4 is 28.6 Å². The van der Waals surface area contributed by atoms with E-state index in [0.717, 1.165) is 10.9 Å². The highest BCUT2D eigenvalue weighted by Crippen LogP contribution is 2.21. The molecule has 0 aliphatic rings. The quantitative estimate of drug-likeness (QED) is 0.888. The molecule has 0 bridgehead atoms. The fraction of sp³-hybridized carbons (Fsp3) is 0.400. The Kier molecular flexibility index (Phi) is 4.65. The second-order valence-electron chi connectivity index (χ2n) is 5.45. The second-order valence-corrected chi connectivity index (χ2v) is 5.45. The van der Waals surface area contributed by atoms with Gasteiger partial charge in [-0.3, -0.25) is 9.48 Å². The number of hydrogen-bond acceptors (Lipinski definition) is 3. The van der Waals surface area contributed by atoms with E-state index in [1.807, 2.05) is 30.7 Å². The molecule has 2 rings (SSSR count). The highest BCUT2D eigenvalue weighted by Gasteiger charge is 2.12. The average molecular weight is 304 g/mol. The van der Waals surface area contributed by atoms with Crippen LogP contribution in [0, 0.1) is 0 Å². The number of benzene rings is 1. The van der Waals surface area contributed by atoms with E-state index in [0.29, 0.717) is 5.69 Å². The van der Waals surface area contributed by atoms with Gasteiger partial charge in [0.2, 0.25) is 0 Å². The third-order valence-electron chi connectivity index (χ3n) is 3.35. The van der Waals surface area contributed by atoms with E-state index in [9.17, 15) is 9.59 Å². The van der Waals surface area contributed by atoms with E-state index in [1.165, 1.54) is 4.90 Å². The van der Waals surface area contributed by atoms with Gasteiger partial charge >= 0.3 is 12.0 Å². The fourth-order valence-corrected chi connectivity index (χ4v) is 2.11. The molecule has 0 aliphatic heterocycles. The van der Waals surface area contributed by atoms with Gasteiger partial charge in [0.1, 0.15) is 0 Å². The van der Waals surface area contributed by atoms with E-state index in [1.54, 1.807) is 19.3 Å². The van der Waals surface area contributed by atoms with Gasteiger partial charge in [-0.1, -0.05) is 0 Å². The molecule has 22 heavy (non-hydrogen) atoms. The maximum atomic E-state index is 12.0. The van der Waals surface area contributed by atoms with Crippen LogP contribution in [0.25, 0.3) is 10.9 Å². The van der Waals surface area contributed by atoms with Crippen molar-refractivity contribution in [2.45, 2.75) is 26.3 Å². The minimum atomic E-state index is -0.929. The lowest BCUT2D eigenvalue weighted by Crippen LogP contribution is -2.33. The minimum absolute atomic E-state index is 0.0803. The third-order valence-corrected chi connectivity index (χ3v) is 3.35. The number of amides is 2. The summed E-state index contributed by atoms with van der Waals surface area (Å²) in [4.78, 5) is 23.9. The summed E-state index contributed by atoms with van der Waals surface area (Å²) in [5.41, 5.74) is 1.60. The van der Waals surface area contributed by atoms with Crippen molar-refractivity contribution in [2.75, 3.05) is 18.9 Å². The number of anilines is 1. The summed E-state index contributed by atoms with van der Waals surface area (Å²) in [5.74, 6) is -0.929. The van der Waals surface area contributed by atoms with Crippen molar-refractivity contribution in [3.05, 3.63) is 24.4 Å². The lowest BCUT2D eigenvalue weighted by atomic mass is 10.2. The average Bonchev–Trinajstić information content (AvgIpc) is 2.87. The first kappa shape index (κ1) is 15.8. The maximum Gasteiger partial charge on any atom is 0.321 e. The lowest BCUT2D eigenvalue weighted by molar-refractivity contribution is -0.137. The summed E-state index contributed by atoms with van der Waals surface area (Å²) in [6, 6.07) is 5.45. The van der Waals surface area contributed by atoms with Gasteiger partial charge in [-0.05, 0) is 32.0 Å². The van der Waals surface area contributed by atoms with Crippen LogP contribution in [0.2, 0.25) is 0 Å². The molecule has 7 nitrogen and oxygen atoms in total. The van der Waals surface area contributed by atoms with Crippen LogP contribution in [0.1, 0.15) is 26.3 Å². The molecule has 2 N–H and O–H groups in total. The van der Waals surface area contributed by atoms with Crippen LogP contribution in [0.3, 0.4) is 0 Å². The molecule has 0 aliphatic carbocycles. The van der Waals surface area contributed by atoms with Gasteiger partial charge in [0.15, 0.2) is 0 Å². The topological polar surface area (TPSA) is 87.5 Å². The predicted molar refractivity (Wildman–Crippen MR) is 84.0 cm³/mol. The highest BCUT2D eigenvalue weighted by atomic mass is 16.4. The number of fused-ring (bicyclic) bond motifs is 1. The Morgan fingerprint density at radius 3 is 2.77 bits per heavy atom. The number of carboxylic acid groups (broad SMARTS) is 1. The predicted octanol–water partition coefficient (Wildman–Crippen LogP) is 2.56. The van der Waals surface area contributed by atoms with Gasteiger partial charge in [-0.2, -0.15) is 5.10 Å². The number of aromatic nitrogens is 2. The number of carbonyl (C=O) groups is 2. The molecule has 2 aromatic rings. The number of aliphatic carboxylic acids is 1. The zero-order valence-electron chi connectivity index (χ0n) is 12.9. The van der Waals surface area contributed by atoms with E-state index in [-0.39, 0.29) is 25.0 Å². The van der Waals surface area contributed by atoms with Crippen LogP contribution in [0.5, 0.6) is 0 Å². The first-order valence-electron chi connectivity index (χ1n) is 7.09. The Labute approximate surface area is 128 Å². The number of nitrogens with one attached hydrogen (secondary N) is 1. The maximum absolute atomic E-state index is 12.0. The highest BCUT2D eigenvalue weighted by molar-refractivity contribution is 5.92. The van der Waals surface area contributed by atoms with Gasteiger partial charge in [-0.25, -0.2) is 4.79 Å². The van der Waals surface area contributed by atoms with Crippen LogP contribution >= 0.6 is 0 Å². The number of carbonyl (C=O) groups excluding carboxylic acids is 1. The Bertz CT molecular complexity index is 693. The molecule has 0 radical (unpaired) electrons. The number of rotatable bonds is 5. The van der Waals surface area contributed by atoms with Crippen molar-refractivity contribution < 1.29 is 14.7 Å². The molecule has 0 fully saturated rings. The van der Waals surface area contributed by atoms with E-state index >= 15 is 0 Å². The summed E-state index contributed by atoms with van der Waals surface area (Å²) >= 11 is 0. The molecule has 1 aromatic heterocycles. The van der Waals surface area contributed by atoms with Crippen molar-refractivity contribution in [3.8, 4) is 0 Å². The van der Waals surface area contributed by atoms with E-state index < -0.39 is 5.97 Å². The van der Waals surface area contributed by atoms with Crippen LogP contribution in [0.4, 0.5) is 10.5 Å². The standard InChI is InChI=1S/C15H20N4O3/c1-10(2)19-13-8-12(5-4-11(13)9-16-19)17-15(22)18(3)7-6-14(20)21/h4-5,8-10H,6-7H2,1-3H3,(H,17,22)(H,20,21). The SMILES string of the molecule is CC(C)n1ncc2ccc(NC(=O)N(C)CCC(=O)O)cc21. The van der Waals surface area contributed by atoms with Gasteiger partial charge in [0.05, 0.1) is 18.1 Å². The van der Waals surface area contributed by atoms with Crippen molar-refractivity contribution in [1.82, 2.24) is 14.7 Å². The summed E-state index contributed by atoms with van der Waals surface area (Å²) in [6.45, 7) is 4.24. The summed E-state index contributed by atoms with van der Waals surface area (Å²) in [7, 11) is 1.56. The van der Waals surface area contributed by atoms with Crippen LogP contribution in [-0.4, -0.2) is 45.4 Å². The molecule has 7 heteroatoms. The number of carboxylic acids is 1. The largest absolute Gasteiger partial charge is 0.481 e. The van der Waals surface area contributed by atoms with Gasteiger partial charge in [-0.15, -0.1) is 0 Å². The first-order valence-corrected chi connectivity index (χ1v) is 7.09. The summed E-state index contributed by atoms with van der Waals surface area (Å²) in [5, 5.41) is 16.7. The molecular weight excluding hydrogens is 284 g/mol. The Morgan fingerprint density at radius 1 is 1.41 bits per heavy atom. The molecule has 0 spiro atoms. The first-order chi connectivity index (χ1) is 10.4. The number of nitrogens with zero attached hydrogens (tertiary/aromatic N) is 3. The van der Waals surface area contributed by atoms with Crippen molar-refractivity contribution in [2.24, 2.45) is 0 Å². The second kappa shape index (κ2) is 6.46. The Morgan fingerprint density at radius 2 is 2.14 bits per heavy atom. The smallest absolute Gasteiger partial charge is 0.321 e. The molecule has 118 valence electrons. The van der Waals surface area contributed by atoms with Crippen LogP contribution < -0.4 is 5.32 Å². The van der Waals surface area contributed by atoms with Gasteiger partial charge in [0, 0.05) is 30.7 Å². The van der Waals surface area contributed by atoms with Crippen molar-refractivity contribution in [3.63, 3.8) is 0 Å². The molecule has 2 amide bonds. The molecule has 0 unspecified atom stereocenters. The Balaban J connectivity index is 2.12. The van der Waals surface area contributed by atoms with Gasteiger partial charge in [0.25, 0.3) is 0 Å². The monoisotopic (exact) mass is 304 g/mol. The summed E-state index contributed by atoms with van der Waals surface area (Å²) in [6.07, 6.45) is 1.71.